The molecule has 0 unspecified atom stereocenters. The van der Waals surface area contributed by atoms with Crippen molar-refractivity contribution in [2.75, 3.05) is 0 Å². The highest BCUT2D eigenvalue weighted by molar-refractivity contribution is 5.79. The normalized spacial score (nSPS) is 10.1. The molecule has 3 aromatic carbocycles. The fraction of sp³-hybridized carbons (Fsp3) is 0.0435. The van der Waals surface area contributed by atoms with Gasteiger partial charge in [-0.05, 0) is 34.2 Å². The maximum atomic E-state index is 3.80. The summed E-state index contributed by atoms with van der Waals surface area (Å²) in [7, 11) is 0. The Bertz CT molecular complexity index is 737. The molecule has 0 amide bonds. The monoisotopic (exact) mass is 296 g/mol. The molecule has 0 aliphatic heterocycles. The predicted molar refractivity (Wildman–Crippen MR) is 100 cm³/mol. The Morgan fingerprint density at radius 1 is 0.696 bits per heavy atom. The summed E-state index contributed by atoms with van der Waals surface area (Å²) in [5.41, 5.74) is 6.24. The molecular weight excluding hydrogens is 276 g/mol. The van der Waals surface area contributed by atoms with Crippen molar-refractivity contribution in [3.63, 3.8) is 0 Å². The molecule has 0 saturated carbocycles. The zero-order chi connectivity index (χ0) is 15.9. The van der Waals surface area contributed by atoms with Crippen LogP contribution in [-0.4, -0.2) is 0 Å². The molecule has 23 heavy (non-hydrogen) atoms. The largest absolute Gasteiger partial charge is 0.0985 e. The zero-order valence-electron chi connectivity index (χ0n) is 13.2. The lowest BCUT2D eigenvalue weighted by Gasteiger charge is -2.09. The summed E-state index contributed by atoms with van der Waals surface area (Å²) < 4.78 is 0. The summed E-state index contributed by atoms with van der Waals surface area (Å²) in [5.74, 6) is 0. The summed E-state index contributed by atoms with van der Waals surface area (Å²) >= 11 is 0. The van der Waals surface area contributed by atoms with E-state index in [9.17, 15) is 0 Å². The smallest absolute Gasteiger partial charge is 0.00880 e. The van der Waals surface area contributed by atoms with Gasteiger partial charge in [0.15, 0.2) is 0 Å². The number of hydrogen-bond acceptors (Lipinski definition) is 0. The third-order valence-corrected chi connectivity index (χ3v) is 3.93. The third-order valence-electron chi connectivity index (χ3n) is 3.93. The van der Waals surface area contributed by atoms with Crippen LogP contribution in [0.15, 0.2) is 97.6 Å². The van der Waals surface area contributed by atoms with Gasteiger partial charge in [-0.25, -0.2) is 0 Å². The molecule has 0 nitrogen and oxygen atoms in total. The van der Waals surface area contributed by atoms with E-state index in [1.165, 1.54) is 22.3 Å². The highest BCUT2D eigenvalue weighted by Crippen LogP contribution is 2.24. The van der Waals surface area contributed by atoms with Crippen molar-refractivity contribution in [2.45, 2.75) is 6.42 Å². The first-order chi connectivity index (χ1) is 11.4. The van der Waals surface area contributed by atoms with Gasteiger partial charge in [0.25, 0.3) is 0 Å². The molecule has 0 aliphatic carbocycles. The van der Waals surface area contributed by atoms with E-state index in [0.29, 0.717) is 0 Å². The van der Waals surface area contributed by atoms with Crippen LogP contribution < -0.4 is 0 Å². The highest BCUT2D eigenvalue weighted by atomic mass is 14.1. The first kappa shape index (κ1) is 15.1. The van der Waals surface area contributed by atoms with E-state index < -0.39 is 0 Å². The van der Waals surface area contributed by atoms with Crippen LogP contribution >= 0.6 is 0 Å². The van der Waals surface area contributed by atoms with Crippen molar-refractivity contribution < 1.29 is 0 Å². The van der Waals surface area contributed by atoms with Gasteiger partial charge in [-0.15, -0.1) is 0 Å². The van der Waals surface area contributed by atoms with E-state index in [4.69, 9.17) is 0 Å². The van der Waals surface area contributed by atoms with E-state index in [0.717, 1.165) is 12.0 Å². The van der Waals surface area contributed by atoms with E-state index in [2.05, 4.69) is 97.6 Å². The van der Waals surface area contributed by atoms with Gasteiger partial charge < -0.3 is 0 Å². The molecule has 3 aromatic rings. The molecule has 112 valence electrons. The number of hydrogen-bond donors (Lipinski definition) is 0. The van der Waals surface area contributed by atoms with Crippen LogP contribution in [0.4, 0.5) is 0 Å². The van der Waals surface area contributed by atoms with Gasteiger partial charge in [-0.2, -0.15) is 0 Å². The molecule has 0 heterocycles. The van der Waals surface area contributed by atoms with Crippen LogP contribution in [0.5, 0.6) is 0 Å². The summed E-state index contributed by atoms with van der Waals surface area (Å²) in [6.07, 6.45) is 5.10. The van der Waals surface area contributed by atoms with Crippen molar-refractivity contribution in [1.29, 1.82) is 0 Å². The molecule has 0 bridgehead atoms. The third kappa shape index (κ3) is 3.87. The van der Waals surface area contributed by atoms with E-state index >= 15 is 0 Å². The van der Waals surface area contributed by atoms with Crippen molar-refractivity contribution >= 4 is 11.6 Å². The highest BCUT2D eigenvalue weighted by Gasteiger charge is 2.04. The van der Waals surface area contributed by atoms with Crippen molar-refractivity contribution in [2.24, 2.45) is 0 Å². The Morgan fingerprint density at radius 3 is 1.70 bits per heavy atom. The molecule has 3 rings (SSSR count). The van der Waals surface area contributed by atoms with Crippen LogP contribution in [0, 0.1) is 0 Å². The maximum absolute atomic E-state index is 3.80. The minimum absolute atomic E-state index is 0.913. The van der Waals surface area contributed by atoms with Gasteiger partial charge in [-0.3, -0.25) is 0 Å². The van der Waals surface area contributed by atoms with Crippen molar-refractivity contribution in [3.05, 3.63) is 120 Å². The second-order valence-electron chi connectivity index (χ2n) is 5.50. The summed E-state index contributed by atoms with van der Waals surface area (Å²) in [6.45, 7) is 3.80. The second kappa shape index (κ2) is 7.42. The van der Waals surface area contributed by atoms with Crippen LogP contribution in [0.1, 0.15) is 22.3 Å². The first-order valence-electron chi connectivity index (χ1n) is 7.89. The fourth-order valence-electron chi connectivity index (χ4n) is 2.65. The van der Waals surface area contributed by atoms with Crippen molar-refractivity contribution in [1.82, 2.24) is 0 Å². The van der Waals surface area contributed by atoms with Gasteiger partial charge >= 0.3 is 0 Å². The Morgan fingerprint density at radius 2 is 1.22 bits per heavy atom. The Balaban J connectivity index is 1.93. The van der Waals surface area contributed by atoms with Crippen LogP contribution in [0.2, 0.25) is 0 Å². The SMILES string of the molecule is C=Cc1ccc(CC=C(c2ccccc2)c2ccccc2)cc1. The van der Waals surface area contributed by atoms with E-state index in [1.54, 1.807) is 0 Å². The minimum atomic E-state index is 0.913. The average molecular weight is 296 g/mol. The molecule has 0 N–H and O–H groups in total. The van der Waals surface area contributed by atoms with Gasteiger partial charge in [0.05, 0.1) is 0 Å². The van der Waals surface area contributed by atoms with E-state index in [-0.39, 0.29) is 0 Å². The molecule has 0 aromatic heterocycles. The molecule has 0 spiro atoms. The lowest BCUT2D eigenvalue weighted by Crippen LogP contribution is -1.90. The maximum Gasteiger partial charge on any atom is -0.00880 e. The molecule has 0 atom stereocenters. The van der Waals surface area contributed by atoms with Gasteiger partial charge in [0.2, 0.25) is 0 Å². The Labute approximate surface area is 138 Å². The Kier molecular flexibility index (Phi) is 4.85. The number of benzene rings is 3. The summed E-state index contributed by atoms with van der Waals surface area (Å²) in [6, 6.07) is 29.7. The Hall–Kier alpha value is -2.86. The molecule has 0 radical (unpaired) electrons. The minimum Gasteiger partial charge on any atom is -0.0985 e. The zero-order valence-corrected chi connectivity index (χ0v) is 13.2. The fourth-order valence-corrected chi connectivity index (χ4v) is 2.65. The second-order valence-corrected chi connectivity index (χ2v) is 5.50. The van der Waals surface area contributed by atoms with Crippen LogP contribution in [-0.2, 0) is 6.42 Å². The first-order valence-corrected chi connectivity index (χ1v) is 7.89. The lowest BCUT2D eigenvalue weighted by molar-refractivity contribution is 1.27. The molecule has 0 saturated heterocycles. The quantitative estimate of drug-likeness (QED) is 0.541. The molecule has 0 aliphatic rings. The van der Waals surface area contributed by atoms with Crippen LogP contribution in [0.3, 0.4) is 0 Å². The average Bonchev–Trinajstić information content (AvgIpc) is 2.64. The van der Waals surface area contributed by atoms with Gasteiger partial charge in [-0.1, -0.05) is 104 Å². The predicted octanol–water partition coefficient (Wildman–Crippen LogP) is 6.00. The van der Waals surface area contributed by atoms with Gasteiger partial charge in [0.1, 0.15) is 0 Å². The van der Waals surface area contributed by atoms with Crippen LogP contribution in [0.25, 0.3) is 11.6 Å². The topological polar surface area (TPSA) is 0 Å². The van der Waals surface area contributed by atoms with Crippen molar-refractivity contribution in [3.8, 4) is 0 Å². The summed E-state index contributed by atoms with van der Waals surface area (Å²) in [5, 5.41) is 0. The lowest BCUT2D eigenvalue weighted by atomic mass is 9.96. The molecular formula is C23H20. The molecule has 0 fully saturated rings. The number of allylic oxidation sites excluding steroid dienone is 1. The summed E-state index contributed by atoms with van der Waals surface area (Å²) in [4.78, 5) is 0. The number of rotatable bonds is 5. The molecule has 0 heteroatoms. The standard InChI is InChI=1S/C23H20/c1-2-19-13-15-20(16-14-19)17-18-23(21-9-5-3-6-10-21)22-11-7-4-8-12-22/h2-16,18H,1,17H2. The van der Waals surface area contributed by atoms with E-state index in [1.807, 2.05) is 6.08 Å². The van der Waals surface area contributed by atoms with Gasteiger partial charge in [0, 0.05) is 0 Å².